The average molecular weight is 608 g/mol. The van der Waals surface area contributed by atoms with Gasteiger partial charge in [0, 0.05) is 53.1 Å². The summed E-state index contributed by atoms with van der Waals surface area (Å²) < 4.78 is 2.25. The van der Waals surface area contributed by atoms with Gasteiger partial charge < -0.3 is 4.98 Å². The lowest BCUT2D eigenvalue weighted by atomic mass is 10.00. The number of pyridine rings is 1. The molecule has 3 aromatic carbocycles. The number of hydrogen-bond acceptors (Lipinski definition) is 5. The number of fused-ring (bicyclic) bond motifs is 1. The van der Waals surface area contributed by atoms with Crippen LogP contribution in [0.25, 0.3) is 44.8 Å². The largest absolute Gasteiger partial charge is 0.340 e. The molecule has 0 radical (unpaired) electrons. The number of H-pyrrole nitrogens is 1. The Kier molecular flexibility index (Phi) is 6.94. The Bertz CT molecular complexity index is 1710. The van der Waals surface area contributed by atoms with E-state index in [0.29, 0.717) is 6.54 Å². The Morgan fingerprint density at radius 1 is 0.737 bits per heavy atom. The molecule has 6 nitrogen and oxygen atoms in total. The number of nitrogens with zero attached hydrogens (tertiary/aromatic N) is 5. The van der Waals surface area contributed by atoms with Crippen LogP contribution in [0, 0.1) is 6.92 Å². The first-order valence-electron chi connectivity index (χ1n) is 12.4. The van der Waals surface area contributed by atoms with E-state index in [2.05, 4.69) is 102 Å². The first-order valence-corrected chi connectivity index (χ1v) is 13.4. The minimum absolute atomic E-state index is 0.649. The third-order valence-electron chi connectivity index (χ3n) is 6.41. The van der Waals surface area contributed by atoms with Crippen LogP contribution >= 0.6 is 22.9 Å². The summed E-state index contributed by atoms with van der Waals surface area (Å²) in [6, 6.07) is 31.2. The number of rotatable bonds is 7. The van der Waals surface area contributed by atoms with E-state index in [9.17, 15) is 0 Å². The van der Waals surface area contributed by atoms with Crippen LogP contribution in [0.3, 0.4) is 0 Å². The third-order valence-corrected chi connectivity index (χ3v) is 7.09. The molecule has 0 spiro atoms. The number of halogens is 1. The van der Waals surface area contributed by atoms with Gasteiger partial charge in [0.1, 0.15) is 11.5 Å². The molecule has 0 aliphatic carbocycles. The van der Waals surface area contributed by atoms with Crippen LogP contribution in [0.1, 0.15) is 17.1 Å². The maximum atomic E-state index is 5.04. The molecule has 6 aromatic rings. The van der Waals surface area contributed by atoms with Gasteiger partial charge in [0.2, 0.25) is 0 Å². The van der Waals surface area contributed by atoms with Crippen molar-refractivity contribution in [2.24, 2.45) is 0 Å². The van der Waals surface area contributed by atoms with E-state index in [1.165, 1.54) is 16.7 Å². The van der Waals surface area contributed by atoms with Gasteiger partial charge in [-0.15, -0.1) is 0 Å². The smallest absolute Gasteiger partial charge is 0.122 e. The van der Waals surface area contributed by atoms with Gasteiger partial charge in [0.05, 0.1) is 29.0 Å². The van der Waals surface area contributed by atoms with Gasteiger partial charge in [0.15, 0.2) is 0 Å². The molecule has 1 N–H and O–H groups in total. The van der Waals surface area contributed by atoms with Crippen molar-refractivity contribution in [3.63, 3.8) is 0 Å². The van der Waals surface area contributed by atoms with Gasteiger partial charge in [-0.25, -0.2) is 8.10 Å². The van der Waals surface area contributed by atoms with Gasteiger partial charge in [-0.05, 0) is 47.9 Å². The lowest BCUT2D eigenvalue weighted by Crippen LogP contribution is -2.12. The molecule has 0 saturated heterocycles. The molecule has 0 unspecified atom stereocenters. The van der Waals surface area contributed by atoms with Crippen molar-refractivity contribution in [2.45, 2.75) is 20.0 Å². The molecule has 0 bridgehead atoms. The Balaban J connectivity index is 1.33. The zero-order valence-electron chi connectivity index (χ0n) is 20.8. The Morgan fingerprint density at radius 3 is 2.37 bits per heavy atom. The third kappa shape index (κ3) is 5.20. The van der Waals surface area contributed by atoms with Crippen LogP contribution in [0.2, 0.25) is 0 Å². The highest BCUT2D eigenvalue weighted by molar-refractivity contribution is 14.1. The van der Waals surface area contributed by atoms with Crippen LogP contribution < -0.4 is 0 Å². The molecule has 0 saturated carbocycles. The maximum Gasteiger partial charge on any atom is 0.122 e. The van der Waals surface area contributed by atoms with Crippen molar-refractivity contribution in [2.75, 3.05) is 0 Å². The molecule has 0 aliphatic heterocycles. The van der Waals surface area contributed by atoms with Crippen molar-refractivity contribution in [3.05, 3.63) is 120 Å². The van der Waals surface area contributed by atoms with E-state index in [-0.39, 0.29) is 0 Å². The number of imidazole rings is 1. The fourth-order valence-electron chi connectivity index (χ4n) is 4.65. The van der Waals surface area contributed by atoms with Crippen molar-refractivity contribution in [3.8, 4) is 33.8 Å². The van der Waals surface area contributed by atoms with Crippen molar-refractivity contribution >= 4 is 33.9 Å². The molecule has 0 aliphatic rings. The molecule has 38 heavy (non-hydrogen) atoms. The highest BCUT2D eigenvalue weighted by Gasteiger charge is 2.18. The zero-order chi connectivity index (χ0) is 25.9. The number of nitrogens with one attached hydrogen (secondary N) is 1. The molecule has 0 atom stereocenters. The van der Waals surface area contributed by atoms with Crippen LogP contribution in [-0.2, 0) is 13.1 Å². The fraction of sp³-hybridized carbons (Fsp3) is 0.0968. The average Bonchev–Trinajstić information content (AvgIpc) is 3.37. The summed E-state index contributed by atoms with van der Waals surface area (Å²) in [5.41, 5.74) is 10.0. The first-order chi connectivity index (χ1) is 18.6. The predicted molar refractivity (Wildman–Crippen MR) is 160 cm³/mol. The summed E-state index contributed by atoms with van der Waals surface area (Å²) in [7, 11) is 0. The van der Waals surface area contributed by atoms with Gasteiger partial charge in [-0.3, -0.25) is 15.0 Å². The van der Waals surface area contributed by atoms with E-state index in [4.69, 9.17) is 9.97 Å². The fourth-order valence-corrected chi connectivity index (χ4v) is 5.34. The number of aryl methyl sites for hydroxylation is 1. The van der Waals surface area contributed by atoms with E-state index in [0.717, 1.165) is 51.7 Å². The Morgan fingerprint density at radius 2 is 1.53 bits per heavy atom. The second-order valence-corrected chi connectivity index (χ2v) is 10.5. The molecule has 6 rings (SSSR count). The SMILES string of the molecule is Cc1cccc(-c2nc(CN(I)Cc3ccccc3-c3ccccc3)[nH]c2-c2ccc3nccnc3c2)n1. The predicted octanol–water partition coefficient (Wildman–Crippen LogP) is 7.41. The number of aromatic nitrogens is 5. The minimum atomic E-state index is 0.649. The molecule has 3 aromatic heterocycles. The molecule has 7 heteroatoms. The topological polar surface area (TPSA) is 70.6 Å². The van der Waals surface area contributed by atoms with E-state index in [1.807, 2.05) is 37.3 Å². The molecule has 0 amide bonds. The first kappa shape index (κ1) is 24.4. The summed E-state index contributed by atoms with van der Waals surface area (Å²) in [6.45, 7) is 3.43. The van der Waals surface area contributed by atoms with Crippen LogP contribution in [-0.4, -0.2) is 28.0 Å². The quantitative estimate of drug-likeness (QED) is 0.151. The monoisotopic (exact) mass is 608 g/mol. The maximum absolute atomic E-state index is 5.04. The van der Waals surface area contributed by atoms with Gasteiger partial charge in [0.25, 0.3) is 0 Å². The van der Waals surface area contributed by atoms with Gasteiger partial charge in [-0.1, -0.05) is 66.7 Å². The number of benzene rings is 3. The second kappa shape index (κ2) is 10.8. The van der Waals surface area contributed by atoms with Crippen LogP contribution in [0.4, 0.5) is 0 Å². The highest BCUT2D eigenvalue weighted by Crippen LogP contribution is 2.32. The summed E-state index contributed by atoms with van der Waals surface area (Å²) in [5.74, 6) is 0.879. The highest BCUT2D eigenvalue weighted by atomic mass is 127. The van der Waals surface area contributed by atoms with Crippen molar-refractivity contribution in [1.29, 1.82) is 0 Å². The van der Waals surface area contributed by atoms with E-state index < -0.39 is 0 Å². The standard InChI is InChI=1S/C31H25IN6/c1-21-8-7-13-27(35-21)31-30(23-14-15-26-28(18-23)34-17-16-33-26)36-29(37-31)20-38(32)19-24-11-5-6-12-25(24)22-9-3-2-4-10-22/h2-18H,19-20H2,1H3,(H,36,37). The molecular weight excluding hydrogens is 583 g/mol. The molecule has 186 valence electrons. The normalized spacial score (nSPS) is 11.3. The second-order valence-electron chi connectivity index (χ2n) is 9.13. The van der Waals surface area contributed by atoms with Gasteiger partial charge in [-0.2, -0.15) is 0 Å². The lowest BCUT2D eigenvalue weighted by Gasteiger charge is -2.16. The van der Waals surface area contributed by atoms with E-state index >= 15 is 0 Å². The van der Waals surface area contributed by atoms with Gasteiger partial charge >= 0.3 is 0 Å². The summed E-state index contributed by atoms with van der Waals surface area (Å²) in [6.07, 6.45) is 3.43. The summed E-state index contributed by atoms with van der Waals surface area (Å²) >= 11 is 2.39. The lowest BCUT2D eigenvalue weighted by molar-refractivity contribution is 0.490. The summed E-state index contributed by atoms with van der Waals surface area (Å²) in [5, 5.41) is 0. The minimum Gasteiger partial charge on any atom is -0.340 e. The Labute approximate surface area is 235 Å². The van der Waals surface area contributed by atoms with Crippen molar-refractivity contribution in [1.82, 2.24) is 28.0 Å². The molecule has 0 fully saturated rings. The molecule has 3 heterocycles. The molecular formula is C31H25IN6. The Hall–Kier alpha value is -3.95. The van der Waals surface area contributed by atoms with E-state index in [1.54, 1.807) is 12.4 Å². The van der Waals surface area contributed by atoms with Crippen molar-refractivity contribution < 1.29 is 0 Å². The number of hydrogen-bond donors (Lipinski definition) is 1. The van der Waals surface area contributed by atoms with Crippen LogP contribution in [0.5, 0.6) is 0 Å². The number of aromatic amines is 1. The zero-order valence-corrected chi connectivity index (χ0v) is 23.0. The van der Waals surface area contributed by atoms with Crippen LogP contribution in [0.15, 0.2) is 103 Å². The summed E-state index contributed by atoms with van der Waals surface area (Å²) in [4.78, 5) is 22.3.